The highest BCUT2D eigenvalue weighted by molar-refractivity contribution is 14.0. The summed E-state index contributed by atoms with van der Waals surface area (Å²) in [7, 11) is 4.02. The number of ether oxygens (including phenoxy) is 1. The third-order valence-corrected chi connectivity index (χ3v) is 5.36. The molecule has 2 fully saturated rings. The highest BCUT2D eigenvalue weighted by Crippen LogP contribution is 2.52. The van der Waals surface area contributed by atoms with E-state index in [0.29, 0.717) is 18.1 Å². The van der Waals surface area contributed by atoms with E-state index in [9.17, 15) is 0 Å². The third-order valence-electron chi connectivity index (χ3n) is 5.36. The molecule has 1 heterocycles. The highest BCUT2D eigenvalue weighted by Gasteiger charge is 2.59. The summed E-state index contributed by atoms with van der Waals surface area (Å²) in [5.74, 6) is 1.67. The van der Waals surface area contributed by atoms with Gasteiger partial charge in [0.1, 0.15) is 0 Å². The fourth-order valence-electron chi connectivity index (χ4n) is 4.02. The molecule has 3 unspecified atom stereocenters. The Balaban J connectivity index is 0.00000264. The van der Waals surface area contributed by atoms with Gasteiger partial charge in [0.25, 0.3) is 0 Å². The summed E-state index contributed by atoms with van der Waals surface area (Å²) in [4.78, 5) is 6.74. The molecule has 23 heavy (non-hydrogen) atoms. The normalized spacial score (nSPS) is 28.3. The predicted molar refractivity (Wildman–Crippen MR) is 109 cm³/mol. The van der Waals surface area contributed by atoms with Crippen LogP contribution in [0, 0.1) is 11.3 Å². The van der Waals surface area contributed by atoms with Crippen LogP contribution in [-0.2, 0) is 4.74 Å². The van der Waals surface area contributed by atoms with Crippen molar-refractivity contribution in [3.05, 3.63) is 12.7 Å². The van der Waals surface area contributed by atoms with Crippen LogP contribution >= 0.6 is 24.0 Å². The van der Waals surface area contributed by atoms with Crippen LogP contribution in [0.1, 0.15) is 46.0 Å². The number of guanidine groups is 1. The number of unbranched alkanes of at least 4 members (excludes halogenated alkanes) is 3. The molecule has 1 aliphatic heterocycles. The molecular formula is C18H34IN3O. The first kappa shape index (κ1) is 20.7. The van der Waals surface area contributed by atoms with Gasteiger partial charge in [-0.2, -0.15) is 0 Å². The minimum atomic E-state index is 0. The maximum absolute atomic E-state index is 5.87. The van der Waals surface area contributed by atoms with Gasteiger partial charge in [-0.05, 0) is 25.7 Å². The van der Waals surface area contributed by atoms with Gasteiger partial charge in [0.05, 0.1) is 6.10 Å². The number of aliphatic imine (C=N–C) groups is 1. The number of rotatable bonds is 7. The second-order valence-electron chi connectivity index (χ2n) is 7.29. The molecule has 134 valence electrons. The van der Waals surface area contributed by atoms with E-state index >= 15 is 0 Å². The summed E-state index contributed by atoms with van der Waals surface area (Å²) in [5, 5.41) is 3.70. The van der Waals surface area contributed by atoms with Crippen molar-refractivity contribution in [1.29, 1.82) is 0 Å². The van der Waals surface area contributed by atoms with Crippen LogP contribution in [0.25, 0.3) is 0 Å². The van der Waals surface area contributed by atoms with Crippen molar-refractivity contribution in [2.45, 2.75) is 58.1 Å². The second-order valence-corrected chi connectivity index (χ2v) is 7.29. The van der Waals surface area contributed by atoms with Crippen LogP contribution in [0.2, 0.25) is 0 Å². The SMILES string of the molecule is C=CCCCCCN(C)C(=NC)NC1C2CCOC2C1(C)C.I. The minimum absolute atomic E-state index is 0. The molecule has 0 amide bonds. The highest BCUT2D eigenvalue weighted by atomic mass is 127. The lowest BCUT2D eigenvalue weighted by Crippen LogP contribution is -2.68. The van der Waals surface area contributed by atoms with Gasteiger partial charge < -0.3 is 15.0 Å². The predicted octanol–water partition coefficient (Wildman–Crippen LogP) is 3.67. The summed E-state index contributed by atoms with van der Waals surface area (Å²) in [5.41, 5.74) is 0.196. The lowest BCUT2D eigenvalue weighted by molar-refractivity contribution is -0.107. The van der Waals surface area contributed by atoms with Crippen LogP contribution in [0.3, 0.4) is 0 Å². The largest absolute Gasteiger partial charge is 0.377 e. The van der Waals surface area contributed by atoms with Gasteiger partial charge in [-0.1, -0.05) is 26.3 Å². The number of fused-ring (bicyclic) bond motifs is 1. The van der Waals surface area contributed by atoms with Gasteiger partial charge in [0.2, 0.25) is 0 Å². The molecule has 4 nitrogen and oxygen atoms in total. The molecule has 0 aromatic carbocycles. The molecule has 3 atom stereocenters. The Labute approximate surface area is 159 Å². The van der Waals surface area contributed by atoms with Crippen molar-refractivity contribution in [2.24, 2.45) is 16.3 Å². The number of allylic oxidation sites excluding steroid dienone is 1. The smallest absolute Gasteiger partial charge is 0.193 e. The molecule has 5 heteroatoms. The fraction of sp³-hybridized carbons (Fsp3) is 0.833. The Morgan fingerprint density at radius 2 is 2.13 bits per heavy atom. The average Bonchev–Trinajstić information content (AvgIpc) is 2.94. The summed E-state index contributed by atoms with van der Waals surface area (Å²) < 4.78 is 5.87. The first-order chi connectivity index (χ1) is 10.5. The van der Waals surface area contributed by atoms with E-state index in [-0.39, 0.29) is 29.4 Å². The van der Waals surface area contributed by atoms with Gasteiger partial charge >= 0.3 is 0 Å². The lowest BCUT2D eigenvalue weighted by Gasteiger charge is -2.55. The molecule has 0 aromatic rings. The molecule has 2 rings (SSSR count). The Hall–Kier alpha value is -0.300. The number of halogens is 1. The van der Waals surface area contributed by atoms with Gasteiger partial charge in [-0.25, -0.2) is 0 Å². The van der Waals surface area contributed by atoms with Gasteiger partial charge in [0.15, 0.2) is 5.96 Å². The van der Waals surface area contributed by atoms with Crippen molar-refractivity contribution in [3.8, 4) is 0 Å². The average molecular weight is 435 g/mol. The topological polar surface area (TPSA) is 36.9 Å². The standard InChI is InChI=1S/C18H33N3O.HI/c1-6-7-8-9-10-12-21(5)17(19-4)20-15-14-11-13-22-16(14)18(15,2)3;/h6,14-16H,1,7-13H2,2-5H3,(H,19,20);1H. The molecular weight excluding hydrogens is 401 g/mol. The molecule has 0 bridgehead atoms. The Morgan fingerprint density at radius 3 is 2.78 bits per heavy atom. The number of hydrogen-bond acceptors (Lipinski definition) is 2. The van der Waals surface area contributed by atoms with Crippen LogP contribution < -0.4 is 5.32 Å². The van der Waals surface area contributed by atoms with E-state index in [2.05, 4.69) is 42.7 Å². The van der Waals surface area contributed by atoms with E-state index in [1.165, 1.54) is 25.7 Å². The zero-order valence-electron chi connectivity index (χ0n) is 15.2. The van der Waals surface area contributed by atoms with E-state index in [1.807, 2.05) is 13.1 Å². The molecule has 0 spiro atoms. The van der Waals surface area contributed by atoms with Crippen LogP contribution in [-0.4, -0.2) is 50.3 Å². The molecule has 2 aliphatic rings. The number of hydrogen-bond donors (Lipinski definition) is 1. The Kier molecular flexibility index (Phi) is 8.35. The number of nitrogens with one attached hydrogen (secondary N) is 1. The fourth-order valence-corrected chi connectivity index (χ4v) is 4.02. The molecule has 0 radical (unpaired) electrons. The zero-order chi connectivity index (χ0) is 16.2. The quantitative estimate of drug-likeness (QED) is 0.218. The first-order valence-electron chi connectivity index (χ1n) is 8.69. The maximum Gasteiger partial charge on any atom is 0.193 e. The van der Waals surface area contributed by atoms with E-state index < -0.39 is 0 Å². The van der Waals surface area contributed by atoms with Crippen LogP contribution in [0.5, 0.6) is 0 Å². The van der Waals surface area contributed by atoms with E-state index in [4.69, 9.17) is 4.74 Å². The molecule has 0 aromatic heterocycles. The Morgan fingerprint density at radius 1 is 1.39 bits per heavy atom. The zero-order valence-corrected chi connectivity index (χ0v) is 17.5. The number of nitrogens with zero attached hydrogens (tertiary/aromatic N) is 2. The monoisotopic (exact) mass is 435 g/mol. The van der Waals surface area contributed by atoms with Crippen molar-refractivity contribution in [3.63, 3.8) is 0 Å². The summed E-state index contributed by atoms with van der Waals surface area (Å²) >= 11 is 0. The van der Waals surface area contributed by atoms with E-state index in [1.54, 1.807) is 0 Å². The Bertz CT molecular complexity index is 411. The molecule has 1 saturated carbocycles. The first-order valence-corrected chi connectivity index (χ1v) is 8.69. The van der Waals surface area contributed by atoms with Crippen molar-refractivity contribution in [1.82, 2.24) is 10.2 Å². The van der Waals surface area contributed by atoms with Crippen LogP contribution in [0.15, 0.2) is 17.6 Å². The summed E-state index contributed by atoms with van der Waals surface area (Å²) in [6.45, 7) is 10.3. The molecule has 1 saturated heterocycles. The van der Waals surface area contributed by atoms with Gasteiger partial charge in [0, 0.05) is 44.6 Å². The van der Waals surface area contributed by atoms with Crippen molar-refractivity contribution < 1.29 is 4.74 Å². The summed E-state index contributed by atoms with van der Waals surface area (Å²) in [6.07, 6.45) is 8.41. The maximum atomic E-state index is 5.87. The van der Waals surface area contributed by atoms with Crippen molar-refractivity contribution in [2.75, 3.05) is 27.2 Å². The van der Waals surface area contributed by atoms with Crippen molar-refractivity contribution >= 4 is 29.9 Å². The molecule has 1 aliphatic carbocycles. The van der Waals surface area contributed by atoms with Gasteiger partial charge in [-0.15, -0.1) is 30.6 Å². The van der Waals surface area contributed by atoms with Crippen LogP contribution in [0.4, 0.5) is 0 Å². The summed E-state index contributed by atoms with van der Waals surface area (Å²) in [6, 6.07) is 0.474. The third kappa shape index (κ3) is 4.62. The van der Waals surface area contributed by atoms with E-state index in [0.717, 1.165) is 25.5 Å². The lowest BCUT2D eigenvalue weighted by atomic mass is 9.57. The van der Waals surface area contributed by atoms with Gasteiger partial charge in [-0.3, -0.25) is 4.99 Å². The molecule has 1 N–H and O–H groups in total. The minimum Gasteiger partial charge on any atom is -0.377 e. The second kappa shape index (κ2) is 9.25.